The first-order chi connectivity index (χ1) is 9.99. The van der Waals surface area contributed by atoms with E-state index in [9.17, 15) is 9.18 Å². The maximum absolute atomic E-state index is 13.4. The van der Waals surface area contributed by atoms with E-state index < -0.39 is 17.7 Å². The second-order valence-electron chi connectivity index (χ2n) is 4.35. The number of carbonyl (C=O) groups excluding carboxylic acids is 1. The quantitative estimate of drug-likeness (QED) is 0.652. The molecule has 7 nitrogen and oxygen atoms in total. The summed E-state index contributed by atoms with van der Waals surface area (Å²) in [4.78, 5) is 19.2. The molecule has 0 unspecified atom stereocenters. The third-order valence-electron chi connectivity index (χ3n) is 2.66. The number of benzene rings is 1. The molecule has 0 atom stereocenters. The van der Waals surface area contributed by atoms with Crippen LogP contribution in [-0.2, 0) is 0 Å². The predicted octanol–water partition coefficient (Wildman–Crippen LogP) is 2.68. The van der Waals surface area contributed by atoms with Gasteiger partial charge < -0.3 is 5.32 Å². The minimum Gasteiger partial charge on any atom is -0.308 e. The molecule has 0 aliphatic rings. The smallest absolute Gasteiger partial charge is 0.308 e. The second-order valence-corrected chi connectivity index (χ2v) is 4.35. The lowest BCUT2D eigenvalue weighted by Gasteiger charge is -2.09. The summed E-state index contributed by atoms with van der Waals surface area (Å²) in [5.41, 5.74) is 3.26. The van der Waals surface area contributed by atoms with Gasteiger partial charge in [0.15, 0.2) is 11.6 Å². The van der Waals surface area contributed by atoms with Crippen LogP contribution < -0.4 is 16.1 Å². The fourth-order valence-electron chi connectivity index (χ4n) is 1.59. The van der Waals surface area contributed by atoms with E-state index in [0.717, 1.165) is 5.56 Å². The highest BCUT2D eigenvalue weighted by Gasteiger charge is 2.12. The van der Waals surface area contributed by atoms with Gasteiger partial charge in [0, 0.05) is 5.69 Å². The Balaban J connectivity index is 2.09. The number of aromatic nitrogens is 2. The van der Waals surface area contributed by atoms with Crippen molar-refractivity contribution < 1.29 is 14.4 Å². The number of hydrogen-bond acceptors (Lipinski definition) is 5. The van der Waals surface area contributed by atoms with Gasteiger partial charge in [-0.25, -0.2) is 19.6 Å². The summed E-state index contributed by atoms with van der Waals surface area (Å²) in [6.45, 7) is 3.32. The standard InChI is InChI=1S/C13H14FN5O2/c1-7-3-5-9(6-4-7)16-13(20)18-12-15-8(2)10(14)11(17-12)19-21/h3-6,21H,1-2H3,(H3,15,16,17,18,19,20). The highest BCUT2D eigenvalue weighted by atomic mass is 19.1. The first-order valence-electron chi connectivity index (χ1n) is 6.08. The molecule has 1 heterocycles. The molecule has 0 bridgehead atoms. The number of aryl methyl sites for hydroxylation is 2. The Bertz CT molecular complexity index is 660. The van der Waals surface area contributed by atoms with E-state index in [1.54, 1.807) is 17.6 Å². The van der Waals surface area contributed by atoms with Gasteiger partial charge in [-0.1, -0.05) is 17.7 Å². The summed E-state index contributed by atoms with van der Waals surface area (Å²) < 4.78 is 13.4. The van der Waals surface area contributed by atoms with Crippen LogP contribution in [0.4, 0.5) is 26.6 Å². The van der Waals surface area contributed by atoms with E-state index >= 15 is 0 Å². The van der Waals surface area contributed by atoms with Crippen LogP contribution in [0, 0.1) is 19.7 Å². The van der Waals surface area contributed by atoms with Gasteiger partial charge in [-0.15, -0.1) is 0 Å². The molecule has 2 aromatic rings. The number of nitrogens with zero attached hydrogens (tertiary/aromatic N) is 2. The van der Waals surface area contributed by atoms with Crippen LogP contribution in [0.2, 0.25) is 0 Å². The van der Waals surface area contributed by atoms with Crippen LogP contribution in [0.3, 0.4) is 0 Å². The molecule has 110 valence electrons. The van der Waals surface area contributed by atoms with Crippen LogP contribution in [0.1, 0.15) is 11.3 Å². The van der Waals surface area contributed by atoms with E-state index in [-0.39, 0.29) is 11.6 Å². The molecule has 0 saturated heterocycles. The highest BCUT2D eigenvalue weighted by Crippen LogP contribution is 2.15. The van der Waals surface area contributed by atoms with E-state index in [4.69, 9.17) is 5.21 Å². The molecule has 0 fully saturated rings. The molecular weight excluding hydrogens is 277 g/mol. The van der Waals surface area contributed by atoms with E-state index in [1.807, 2.05) is 19.1 Å². The van der Waals surface area contributed by atoms with Crippen molar-refractivity contribution in [3.8, 4) is 0 Å². The molecule has 0 radical (unpaired) electrons. The third kappa shape index (κ3) is 3.63. The van der Waals surface area contributed by atoms with Gasteiger partial charge in [-0.3, -0.25) is 10.5 Å². The fraction of sp³-hybridized carbons (Fsp3) is 0.154. The summed E-state index contributed by atoms with van der Waals surface area (Å²) in [6, 6.07) is 6.61. The lowest BCUT2D eigenvalue weighted by atomic mass is 10.2. The van der Waals surface area contributed by atoms with Gasteiger partial charge in [0.25, 0.3) is 0 Å². The largest absolute Gasteiger partial charge is 0.326 e. The maximum atomic E-state index is 13.4. The van der Waals surface area contributed by atoms with Crippen molar-refractivity contribution in [3.63, 3.8) is 0 Å². The highest BCUT2D eigenvalue weighted by molar-refractivity contribution is 5.98. The number of hydrogen-bond donors (Lipinski definition) is 4. The van der Waals surface area contributed by atoms with Crippen molar-refractivity contribution >= 4 is 23.5 Å². The van der Waals surface area contributed by atoms with Crippen molar-refractivity contribution in [1.82, 2.24) is 9.97 Å². The van der Waals surface area contributed by atoms with Gasteiger partial charge in [0.1, 0.15) is 0 Å². The lowest BCUT2D eigenvalue weighted by Crippen LogP contribution is -2.21. The third-order valence-corrected chi connectivity index (χ3v) is 2.66. The molecule has 21 heavy (non-hydrogen) atoms. The molecular formula is C13H14FN5O2. The molecule has 0 spiro atoms. The van der Waals surface area contributed by atoms with Crippen molar-refractivity contribution in [2.24, 2.45) is 0 Å². The molecule has 2 rings (SSSR count). The Labute approximate surface area is 120 Å². The molecule has 0 aliphatic carbocycles. The minimum absolute atomic E-state index is 0.00724. The second kappa shape index (κ2) is 6.14. The Morgan fingerprint density at radius 2 is 1.81 bits per heavy atom. The summed E-state index contributed by atoms with van der Waals surface area (Å²) in [5, 5.41) is 13.7. The maximum Gasteiger partial charge on any atom is 0.326 e. The summed E-state index contributed by atoms with van der Waals surface area (Å²) in [6.07, 6.45) is 0. The minimum atomic E-state index is -0.790. The Morgan fingerprint density at radius 1 is 1.14 bits per heavy atom. The van der Waals surface area contributed by atoms with Crippen LogP contribution in [0.15, 0.2) is 24.3 Å². The monoisotopic (exact) mass is 291 g/mol. The zero-order valence-corrected chi connectivity index (χ0v) is 11.4. The van der Waals surface area contributed by atoms with Crippen LogP contribution in [-0.4, -0.2) is 21.2 Å². The fourth-order valence-corrected chi connectivity index (χ4v) is 1.59. The normalized spacial score (nSPS) is 10.1. The van der Waals surface area contributed by atoms with Crippen molar-refractivity contribution in [3.05, 3.63) is 41.3 Å². The number of carbonyl (C=O) groups is 1. The van der Waals surface area contributed by atoms with Gasteiger partial charge in [0.05, 0.1) is 5.69 Å². The van der Waals surface area contributed by atoms with Crippen LogP contribution in [0.5, 0.6) is 0 Å². The number of anilines is 3. The number of rotatable bonds is 3. The SMILES string of the molecule is Cc1ccc(NC(=O)Nc2nc(C)c(F)c(NO)n2)cc1. The number of urea groups is 1. The van der Waals surface area contributed by atoms with Gasteiger partial charge in [-0.05, 0) is 26.0 Å². The van der Waals surface area contributed by atoms with Crippen LogP contribution in [0.25, 0.3) is 0 Å². The first-order valence-corrected chi connectivity index (χ1v) is 6.08. The Kier molecular flexibility index (Phi) is 4.29. The topological polar surface area (TPSA) is 99.2 Å². The van der Waals surface area contributed by atoms with Crippen molar-refractivity contribution in [2.45, 2.75) is 13.8 Å². The summed E-state index contributed by atoms with van der Waals surface area (Å²) in [5.74, 6) is -1.33. The molecule has 8 heteroatoms. The molecule has 1 aromatic heterocycles. The molecule has 1 aromatic carbocycles. The summed E-state index contributed by atoms with van der Waals surface area (Å²) in [7, 11) is 0. The van der Waals surface area contributed by atoms with Gasteiger partial charge in [0.2, 0.25) is 5.95 Å². The van der Waals surface area contributed by atoms with Gasteiger partial charge >= 0.3 is 6.03 Å². The summed E-state index contributed by atoms with van der Waals surface area (Å²) >= 11 is 0. The average Bonchev–Trinajstić information content (AvgIpc) is 2.45. The molecule has 0 aliphatic heterocycles. The number of nitrogens with one attached hydrogen (secondary N) is 3. The number of amides is 2. The molecule has 4 N–H and O–H groups in total. The molecule has 0 saturated carbocycles. The zero-order valence-electron chi connectivity index (χ0n) is 11.4. The van der Waals surface area contributed by atoms with Crippen molar-refractivity contribution in [2.75, 3.05) is 16.1 Å². The van der Waals surface area contributed by atoms with E-state index in [1.165, 1.54) is 6.92 Å². The average molecular weight is 291 g/mol. The molecule has 2 amide bonds. The van der Waals surface area contributed by atoms with E-state index in [2.05, 4.69) is 20.6 Å². The van der Waals surface area contributed by atoms with Gasteiger partial charge in [-0.2, -0.15) is 4.98 Å². The Hall–Kier alpha value is -2.74. The zero-order chi connectivity index (χ0) is 15.4. The lowest BCUT2D eigenvalue weighted by molar-refractivity contribution is 0.262. The van der Waals surface area contributed by atoms with E-state index in [0.29, 0.717) is 5.69 Å². The van der Waals surface area contributed by atoms with Crippen LogP contribution >= 0.6 is 0 Å². The number of halogens is 1. The Morgan fingerprint density at radius 3 is 2.43 bits per heavy atom. The predicted molar refractivity (Wildman–Crippen MR) is 76.0 cm³/mol. The first kappa shape index (κ1) is 14.7. The van der Waals surface area contributed by atoms with Crippen molar-refractivity contribution in [1.29, 1.82) is 0 Å².